The zero-order chi connectivity index (χ0) is 20.9. The van der Waals surface area contributed by atoms with Gasteiger partial charge in [-0.1, -0.05) is 30.3 Å². The van der Waals surface area contributed by atoms with Crippen LogP contribution in [0.15, 0.2) is 53.5 Å². The van der Waals surface area contributed by atoms with Crippen LogP contribution < -0.4 is 20.1 Å². The molecule has 2 rings (SSSR count). The predicted octanol–water partition coefficient (Wildman–Crippen LogP) is 3.55. The third kappa shape index (κ3) is 9.67. The molecule has 2 aromatic rings. The van der Waals surface area contributed by atoms with E-state index >= 15 is 0 Å². The predicted molar refractivity (Wildman–Crippen MR) is 135 cm³/mol. The molecule has 0 aliphatic carbocycles. The van der Waals surface area contributed by atoms with Gasteiger partial charge in [0.2, 0.25) is 0 Å². The van der Waals surface area contributed by atoms with Gasteiger partial charge in [-0.15, -0.1) is 24.0 Å². The van der Waals surface area contributed by atoms with Gasteiger partial charge >= 0.3 is 0 Å². The number of guanidine groups is 1. The van der Waals surface area contributed by atoms with Gasteiger partial charge in [-0.2, -0.15) is 0 Å². The van der Waals surface area contributed by atoms with Crippen LogP contribution in [0.2, 0.25) is 0 Å². The fourth-order valence-corrected chi connectivity index (χ4v) is 2.82. The van der Waals surface area contributed by atoms with Crippen LogP contribution in [0.3, 0.4) is 0 Å². The van der Waals surface area contributed by atoms with Gasteiger partial charge in [0.25, 0.3) is 0 Å². The maximum Gasteiger partial charge on any atom is 0.191 e. The summed E-state index contributed by atoms with van der Waals surface area (Å²) in [6.07, 6.45) is 0.865. The highest BCUT2D eigenvalue weighted by molar-refractivity contribution is 14.0. The summed E-state index contributed by atoms with van der Waals surface area (Å²) in [7, 11) is 5.78. The van der Waals surface area contributed by atoms with Crippen molar-refractivity contribution >= 4 is 29.9 Å². The average Bonchev–Trinajstić information content (AvgIpc) is 2.72. The number of methoxy groups -OCH3 is 1. The van der Waals surface area contributed by atoms with Gasteiger partial charge in [0, 0.05) is 19.6 Å². The van der Waals surface area contributed by atoms with Crippen molar-refractivity contribution in [2.24, 2.45) is 4.99 Å². The topological polar surface area (TPSA) is 58.1 Å². The molecule has 0 aliphatic rings. The molecule has 166 valence electrons. The Kier molecular flexibility index (Phi) is 12.9. The number of hydrogen-bond donors (Lipinski definition) is 2. The number of halogens is 1. The molecular formula is C23H35IN4O2. The van der Waals surface area contributed by atoms with Crippen LogP contribution in [0.25, 0.3) is 0 Å². The van der Waals surface area contributed by atoms with Crippen molar-refractivity contribution in [3.63, 3.8) is 0 Å². The van der Waals surface area contributed by atoms with Crippen molar-refractivity contribution in [3.05, 3.63) is 59.7 Å². The molecule has 0 heterocycles. The van der Waals surface area contributed by atoms with Gasteiger partial charge in [-0.3, -0.25) is 0 Å². The molecular weight excluding hydrogens is 491 g/mol. The number of likely N-dealkylation sites (N-methyl/N-ethyl adjacent to an activating group) is 1. The molecule has 0 aromatic heterocycles. The van der Waals surface area contributed by atoms with E-state index in [0.29, 0.717) is 13.2 Å². The van der Waals surface area contributed by atoms with Crippen LogP contribution in [-0.2, 0) is 13.0 Å². The molecule has 0 spiro atoms. The number of rotatable bonds is 11. The smallest absolute Gasteiger partial charge is 0.191 e. The zero-order valence-corrected chi connectivity index (χ0v) is 20.8. The molecule has 0 fully saturated rings. The second-order valence-corrected chi connectivity index (χ2v) is 6.98. The first kappa shape index (κ1) is 26.0. The van der Waals surface area contributed by atoms with Gasteiger partial charge in [0.15, 0.2) is 5.96 Å². The Morgan fingerprint density at radius 3 is 2.60 bits per heavy atom. The normalized spacial score (nSPS) is 11.0. The zero-order valence-electron chi connectivity index (χ0n) is 18.5. The molecule has 0 saturated carbocycles. The van der Waals surface area contributed by atoms with Gasteiger partial charge in [0.1, 0.15) is 18.1 Å². The second-order valence-electron chi connectivity index (χ2n) is 6.98. The van der Waals surface area contributed by atoms with Crippen molar-refractivity contribution in [3.8, 4) is 11.5 Å². The van der Waals surface area contributed by atoms with E-state index in [2.05, 4.69) is 40.7 Å². The molecule has 0 saturated heterocycles. The monoisotopic (exact) mass is 526 g/mol. The summed E-state index contributed by atoms with van der Waals surface area (Å²) in [4.78, 5) is 6.81. The third-order valence-corrected chi connectivity index (χ3v) is 4.35. The molecule has 2 aromatic carbocycles. The Balaban J connectivity index is 0.00000450. The number of para-hydroxylation sites is 1. The Labute approximate surface area is 198 Å². The Bertz CT molecular complexity index is 768. The summed E-state index contributed by atoms with van der Waals surface area (Å²) in [6, 6.07) is 16.2. The molecule has 7 heteroatoms. The average molecular weight is 526 g/mol. The second kappa shape index (κ2) is 14.9. The minimum atomic E-state index is 0. The van der Waals surface area contributed by atoms with Gasteiger partial charge in [-0.25, -0.2) is 4.99 Å². The maximum atomic E-state index is 5.81. The lowest BCUT2D eigenvalue weighted by atomic mass is 10.1. The highest BCUT2D eigenvalue weighted by atomic mass is 127. The number of hydrogen-bond acceptors (Lipinski definition) is 4. The molecule has 0 unspecified atom stereocenters. The SMILES string of the molecule is CCNC(=NCc1cccc(OCCN(C)C)c1)NCCc1ccccc1OC.I. The van der Waals surface area contributed by atoms with E-state index in [-0.39, 0.29) is 24.0 Å². The van der Waals surface area contributed by atoms with E-state index in [1.54, 1.807) is 7.11 Å². The Hall–Kier alpha value is -2.00. The van der Waals surface area contributed by atoms with Crippen molar-refractivity contribution in [1.29, 1.82) is 0 Å². The van der Waals surface area contributed by atoms with Crippen molar-refractivity contribution < 1.29 is 9.47 Å². The van der Waals surface area contributed by atoms with Crippen molar-refractivity contribution in [2.45, 2.75) is 19.9 Å². The molecule has 30 heavy (non-hydrogen) atoms. The third-order valence-electron chi connectivity index (χ3n) is 4.35. The maximum absolute atomic E-state index is 5.81. The summed E-state index contributed by atoms with van der Waals surface area (Å²) < 4.78 is 11.2. The molecule has 0 atom stereocenters. The van der Waals surface area contributed by atoms with E-state index in [4.69, 9.17) is 14.5 Å². The van der Waals surface area contributed by atoms with Gasteiger partial charge in [-0.05, 0) is 56.8 Å². The van der Waals surface area contributed by atoms with Crippen LogP contribution in [-0.4, -0.2) is 58.3 Å². The van der Waals surface area contributed by atoms with Gasteiger partial charge < -0.3 is 25.0 Å². The quantitative estimate of drug-likeness (QED) is 0.267. The fourth-order valence-electron chi connectivity index (χ4n) is 2.82. The molecule has 0 aliphatic heterocycles. The number of nitrogens with one attached hydrogen (secondary N) is 2. The summed E-state index contributed by atoms with van der Waals surface area (Å²) in [5.74, 6) is 2.61. The molecule has 0 amide bonds. The molecule has 0 radical (unpaired) electrons. The van der Waals surface area contributed by atoms with E-state index in [9.17, 15) is 0 Å². The minimum absolute atomic E-state index is 0. The summed E-state index contributed by atoms with van der Waals surface area (Å²) in [6.45, 7) is 5.81. The largest absolute Gasteiger partial charge is 0.496 e. The Morgan fingerprint density at radius 1 is 1.07 bits per heavy atom. The van der Waals surface area contributed by atoms with Gasteiger partial charge in [0.05, 0.1) is 13.7 Å². The molecule has 2 N–H and O–H groups in total. The minimum Gasteiger partial charge on any atom is -0.496 e. The van der Waals surface area contributed by atoms with Crippen LogP contribution >= 0.6 is 24.0 Å². The van der Waals surface area contributed by atoms with E-state index in [0.717, 1.165) is 49.1 Å². The van der Waals surface area contributed by atoms with Crippen LogP contribution in [0.5, 0.6) is 11.5 Å². The Morgan fingerprint density at radius 2 is 1.87 bits per heavy atom. The lowest BCUT2D eigenvalue weighted by molar-refractivity contribution is 0.261. The molecule has 6 nitrogen and oxygen atoms in total. The standard InChI is InChI=1S/C23H34N4O2.HI/c1-5-24-23(25-14-13-20-10-6-7-12-22(20)28-4)26-18-19-9-8-11-21(17-19)29-16-15-27(2)3;/h6-12,17H,5,13-16,18H2,1-4H3,(H2,24,25,26);1H. The first-order valence-corrected chi connectivity index (χ1v) is 10.1. The number of aliphatic imine (C=N–C) groups is 1. The van der Waals surface area contributed by atoms with Crippen LogP contribution in [0.4, 0.5) is 0 Å². The molecule has 0 bridgehead atoms. The lowest BCUT2D eigenvalue weighted by Gasteiger charge is -2.13. The van der Waals surface area contributed by atoms with E-state index in [1.807, 2.05) is 44.4 Å². The number of ether oxygens (including phenoxy) is 2. The first-order valence-electron chi connectivity index (χ1n) is 10.1. The summed E-state index contributed by atoms with van der Waals surface area (Å²) in [5, 5.41) is 6.70. The fraction of sp³-hybridized carbons (Fsp3) is 0.435. The lowest BCUT2D eigenvalue weighted by Crippen LogP contribution is -2.38. The van der Waals surface area contributed by atoms with E-state index in [1.165, 1.54) is 5.56 Å². The highest BCUT2D eigenvalue weighted by Gasteiger charge is 2.03. The summed E-state index contributed by atoms with van der Waals surface area (Å²) in [5.41, 5.74) is 2.30. The summed E-state index contributed by atoms with van der Waals surface area (Å²) >= 11 is 0. The first-order chi connectivity index (χ1) is 14.1. The number of nitrogens with zero attached hydrogens (tertiary/aromatic N) is 2. The highest BCUT2D eigenvalue weighted by Crippen LogP contribution is 2.17. The number of benzene rings is 2. The van der Waals surface area contributed by atoms with Crippen molar-refractivity contribution in [1.82, 2.24) is 15.5 Å². The van der Waals surface area contributed by atoms with Crippen molar-refractivity contribution in [2.75, 3.05) is 47.4 Å². The van der Waals surface area contributed by atoms with E-state index < -0.39 is 0 Å². The van der Waals surface area contributed by atoms with Crippen LogP contribution in [0, 0.1) is 0 Å². The van der Waals surface area contributed by atoms with Crippen LogP contribution in [0.1, 0.15) is 18.1 Å².